The minimum absolute atomic E-state index is 0.183. The molecule has 0 unspecified atom stereocenters. The average Bonchev–Trinajstić information content (AvgIpc) is 2.78. The third kappa shape index (κ3) is 2.38. The maximum atomic E-state index is 11.7. The summed E-state index contributed by atoms with van der Waals surface area (Å²) >= 11 is 5.89. The third-order valence-electron chi connectivity index (χ3n) is 2.47. The van der Waals surface area contributed by atoms with Gasteiger partial charge in [0.25, 0.3) is 0 Å². The lowest BCUT2D eigenvalue weighted by Crippen LogP contribution is -2.06. The second-order valence-corrected chi connectivity index (χ2v) is 4.15. The van der Waals surface area contributed by atoms with Gasteiger partial charge in [0, 0.05) is 10.6 Å². The quantitative estimate of drug-likeness (QED) is 0.797. The Bertz CT molecular complexity index is 577. The Balaban J connectivity index is 2.45. The molecule has 0 N–H and O–H groups in total. The Hall–Kier alpha value is -1.81. The van der Waals surface area contributed by atoms with E-state index in [0.717, 1.165) is 11.1 Å². The van der Waals surface area contributed by atoms with E-state index in [-0.39, 0.29) is 5.69 Å². The number of hydrogen-bond acceptors (Lipinski definition) is 4. The Kier molecular flexibility index (Phi) is 3.67. The fourth-order valence-electron chi connectivity index (χ4n) is 1.66. The highest BCUT2D eigenvalue weighted by molar-refractivity contribution is 6.30. The smallest absolute Gasteiger partial charge is 0.360 e. The fraction of sp³-hybridized carbons (Fsp3) is 0.231. The van der Waals surface area contributed by atoms with E-state index in [4.69, 9.17) is 20.8 Å². The number of oxazole rings is 1. The molecule has 4 nitrogen and oxygen atoms in total. The van der Waals surface area contributed by atoms with Crippen molar-refractivity contribution in [2.24, 2.45) is 0 Å². The summed E-state index contributed by atoms with van der Waals surface area (Å²) in [5.74, 6) is -0.0850. The molecule has 2 rings (SSSR count). The zero-order valence-electron chi connectivity index (χ0n) is 10.1. The van der Waals surface area contributed by atoms with E-state index in [2.05, 4.69) is 4.98 Å². The summed E-state index contributed by atoms with van der Waals surface area (Å²) in [6.45, 7) is 3.93. The predicted octanol–water partition coefficient (Wildman–Crippen LogP) is 3.48. The molecule has 0 saturated carbocycles. The van der Waals surface area contributed by atoms with Gasteiger partial charge >= 0.3 is 5.97 Å². The topological polar surface area (TPSA) is 52.3 Å². The van der Waals surface area contributed by atoms with Crippen molar-refractivity contribution in [3.63, 3.8) is 0 Å². The van der Waals surface area contributed by atoms with Crippen molar-refractivity contribution in [1.29, 1.82) is 0 Å². The Morgan fingerprint density at radius 1 is 1.50 bits per heavy atom. The molecule has 1 aromatic heterocycles. The number of esters is 1. The molecule has 0 bridgehead atoms. The standard InChI is InChI=1S/C13H12ClNO3/c1-3-17-13(16)11-12(18-7-15-11)10-5-4-9(14)6-8(10)2/h4-7H,3H2,1-2H3. The molecule has 1 aromatic carbocycles. The monoisotopic (exact) mass is 265 g/mol. The number of aromatic nitrogens is 1. The lowest BCUT2D eigenvalue weighted by Gasteiger charge is -2.05. The summed E-state index contributed by atoms with van der Waals surface area (Å²) < 4.78 is 10.2. The van der Waals surface area contributed by atoms with Gasteiger partial charge in [-0.2, -0.15) is 0 Å². The molecular weight excluding hydrogens is 254 g/mol. The molecule has 18 heavy (non-hydrogen) atoms. The van der Waals surface area contributed by atoms with E-state index >= 15 is 0 Å². The van der Waals surface area contributed by atoms with Gasteiger partial charge in [0.15, 0.2) is 17.8 Å². The number of hydrogen-bond donors (Lipinski definition) is 0. The van der Waals surface area contributed by atoms with Gasteiger partial charge in [0.2, 0.25) is 0 Å². The summed E-state index contributed by atoms with van der Waals surface area (Å²) in [6, 6.07) is 5.33. The number of ether oxygens (including phenoxy) is 1. The van der Waals surface area contributed by atoms with Crippen molar-refractivity contribution >= 4 is 17.6 Å². The van der Waals surface area contributed by atoms with Crippen LogP contribution in [0.15, 0.2) is 29.0 Å². The summed E-state index contributed by atoms with van der Waals surface area (Å²) in [7, 11) is 0. The second kappa shape index (κ2) is 5.23. The minimum atomic E-state index is -0.490. The van der Waals surface area contributed by atoms with Gasteiger partial charge in [0.1, 0.15) is 0 Å². The van der Waals surface area contributed by atoms with Gasteiger partial charge in [-0.3, -0.25) is 0 Å². The van der Waals surface area contributed by atoms with Crippen molar-refractivity contribution in [3.8, 4) is 11.3 Å². The summed E-state index contributed by atoms with van der Waals surface area (Å²) in [5, 5.41) is 0.633. The molecule has 0 amide bonds. The molecule has 0 spiro atoms. The Labute approximate surface area is 110 Å². The predicted molar refractivity (Wildman–Crippen MR) is 67.6 cm³/mol. The van der Waals surface area contributed by atoms with Crippen LogP contribution in [0.4, 0.5) is 0 Å². The number of halogens is 1. The van der Waals surface area contributed by atoms with Crippen molar-refractivity contribution in [1.82, 2.24) is 4.98 Å². The lowest BCUT2D eigenvalue weighted by atomic mass is 10.1. The highest BCUT2D eigenvalue weighted by Crippen LogP contribution is 2.28. The Morgan fingerprint density at radius 3 is 2.94 bits per heavy atom. The van der Waals surface area contributed by atoms with Crippen molar-refractivity contribution < 1.29 is 13.9 Å². The fourth-order valence-corrected chi connectivity index (χ4v) is 1.89. The second-order valence-electron chi connectivity index (χ2n) is 3.71. The van der Waals surface area contributed by atoms with Gasteiger partial charge in [-0.05, 0) is 37.6 Å². The molecule has 1 heterocycles. The highest BCUT2D eigenvalue weighted by atomic mass is 35.5. The number of carbonyl (C=O) groups excluding carboxylic acids is 1. The molecule has 0 aliphatic rings. The van der Waals surface area contributed by atoms with E-state index in [1.54, 1.807) is 25.1 Å². The van der Waals surface area contributed by atoms with Crippen LogP contribution in [0.5, 0.6) is 0 Å². The van der Waals surface area contributed by atoms with E-state index in [1.807, 2.05) is 6.92 Å². The van der Waals surface area contributed by atoms with Crippen LogP contribution in [-0.2, 0) is 4.74 Å². The van der Waals surface area contributed by atoms with Gasteiger partial charge in [0.05, 0.1) is 6.61 Å². The number of nitrogens with zero attached hydrogens (tertiary/aromatic N) is 1. The van der Waals surface area contributed by atoms with Gasteiger partial charge in [-0.1, -0.05) is 11.6 Å². The zero-order valence-corrected chi connectivity index (χ0v) is 10.8. The van der Waals surface area contributed by atoms with E-state index in [0.29, 0.717) is 17.4 Å². The van der Waals surface area contributed by atoms with Crippen LogP contribution in [0.2, 0.25) is 5.02 Å². The summed E-state index contributed by atoms with van der Waals surface area (Å²) in [5.41, 5.74) is 1.87. The summed E-state index contributed by atoms with van der Waals surface area (Å²) in [6.07, 6.45) is 1.23. The molecule has 0 atom stereocenters. The van der Waals surface area contributed by atoms with Crippen LogP contribution in [0.25, 0.3) is 11.3 Å². The number of aryl methyl sites for hydroxylation is 1. The molecule has 2 aromatic rings. The Morgan fingerprint density at radius 2 is 2.28 bits per heavy atom. The molecule has 0 saturated heterocycles. The first-order valence-electron chi connectivity index (χ1n) is 5.50. The van der Waals surface area contributed by atoms with Crippen molar-refractivity contribution in [2.45, 2.75) is 13.8 Å². The van der Waals surface area contributed by atoms with Crippen LogP contribution < -0.4 is 0 Å². The van der Waals surface area contributed by atoms with Gasteiger partial charge in [-0.15, -0.1) is 0 Å². The SMILES string of the molecule is CCOC(=O)c1ncoc1-c1ccc(Cl)cc1C. The van der Waals surface area contributed by atoms with Crippen LogP contribution in [-0.4, -0.2) is 17.6 Å². The maximum absolute atomic E-state index is 11.7. The van der Waals surface area contributed by atoms with E-state index < -0.39 is 5.97 Å². The molecular formula is C13H12ClNO3. The lowest BCUT2D eigenvalue weighted by molar-refractivity contribution is 0.0520. The van der Waals surface area contributed by atoms with Crippen LogP contribution in [0.3, 0.4) is 0 Å². The molecule has 94 valence electrons. The number of benzene rings is 1. The minimum Gasteiger partial charge on any atom is -0.461 e. The molecule has 0 radical (unpaired) electrons. The van der Waals surface area contributed by atoms with E-state index in [1.165, 1.54) is 6.39 Å². The number of carbonyl (C=O) groups is 1. The largest absolute Gasteiger partial charge is 0.461 e. The normalized spacial score (nSPS) is 10.4. The van der Waals surface area contributed by atoms with Crippen molar-refractivity contribution in [3.05, 3.63) is 40.9 Å². The van der Waals surface area contributed by atoms with Crippen LogP contribution >= 0.6 is 11.6 Å². The van der Waals surface area contributed by atoms with Crippen LogP contribution in [0, 0.1) is 6.92 Å². The number of rotatable bonds is 3. The molecule has 5 heteroatoms. The zero-order chi connectivity index (χ0) is 13.1. The maximum Gasteiger partial charge on any atom is 0.360 e. The van der Waals surface area contributed by atoms with Gasteiger partial charge < -0.3 is 9.15 Å². The van der Waals surface area contributed by atoms with E-state index in [9.17, 15) is 4.79 Å². The first kappa shape index (κ1) is 12.6. The van der Waals surface area contributed by atoms with Gasteiger partial charge in [-0.25, -0.2) is 9.78 Å². The third-order valence-corrected chi connectivity index (χ3v) is 2.70. The average molecular weight is 266 g/mol. The first-order valence-corrected chi connectivity index (χ1v) is 5.88. The molecule has 0 aliphatic carbocycles. The molecule has 0 aliphatic heterocycles. The van der Waals surface area contributed by atoms with Crippen molar-refractivity contribution in [2.75, 3.05) is 6.61 Å². The first-order chi connectivity index (χ1) is 8.63. The highest BCUT2D eigenvalue weighted by Gasteiger charge is 2.20. The molecule has 0 fully saturated rings. The van der Waals surface area contributed by atoms with Crippen LogP contribution in [0.1, 0.15) is 23.0 Å². The summed E-state index contributed by atoms with van der Waals surface area (Å²) in [4.78, 5) is 15.6.